The number of rotatable bonds is 7. The van der Waals surface area contributed by atoms with Gasteiger partial charge in [0.05, 0.1) is 11.1 Å². The lowest BCUT2D eigenvalue weighted by molar-refractivity contribution is -0.135. The second-order valence-corrected chi connectivity index (χ2v) is 7.43. The van der Waals surface area contributed by atoms with E-state index in [1.165, 1.54) is 18.2 Å². The number of nitrogens with two attached hydrogens (primary N) is 1. The normalized spacial score (nSPS) is 16.5. The highest BCUT2D eigenvalue weighted by atomic mass is 35.5. The summed E-state index contributed by atoms with van der Waals surface area (Å²) in [5, 5.41) is 13.2. The van der Waals surface area contributed by atoms with Gasteiger partial charge in [0, 0.05) is 10.7 Å². The molecule has 0 spiro atoms. The van der Waals surface area contributed by atoms with Crippen molar-refractivity contribution in [3.63, 3.8) is 0 Å². The first-order chi connectivity index (χ1) is 13.2. The van der Waals surface area contributed by atoms with Crippen LogP contribution in [0.25, 0.3) is 5.70 Å². The number of hydrogen-bond acceptors (Lipinski definition) is 6. The average Bonchev–Trinajstić information content (AvgIpc) is 3.25. The van der Waals surface area contributed by atoms with Crippen LogP contribution >= 0.6 is 11.6 Å². The first kappa shape index (κ1) is 20.0. The second kappa shape index (κ2) is 7.71. The van der Waals surface area contributed by atoms with Gasteiger partial charge in [0.1, 0.15) is 12.4 Å². The summed E-state index contributed by atoms with van der Waals surface area (Å²) in [5.74, 6) is -0.929. The van der Waals surface area contributed by atoms with Crippen molar-refractivity contribution < 1.29 is 18.8 Å². The van der Waals surface area contributed by atoms with Crippen LogP contribution in [0.2, 0.25) is 5.02 Å². The molecule has 9 heteroatoms. The zero-order valence-corrected chi connectivity index (χ0v) is 16.2. The maximum absolute atomic E-state index is 13.4. The molecule has 0 radical (unpaired) electrons. The molecular formula is C19H20ClFN4O3. The fraction of sp³-hybridized carbons (Fsp3) is 0.368. The zero-order valence-electron chi connectivity index (χ0n) is 15.4. The molecule has 1 aliphatic rings. The van der Waals surface area contributed by atoms with E-state index >= 15 is 0 Å². The third-order valence-corrected chi connectivity index (χ3v) is 4.90. The number of halogens is 2. The summed E-state index contributed by atoms with van der Waals surface area (Å²) in [4.78, 5) is 19.2. The van der Waals surface area contributed by atoms with E-state index in [9.17, 15) is 9.18 Å². The summed E-state index contributed by atoms with van der Waals surface area (Å²) in [6.07, 6.45) is 3.06. The number of nitrogens with zero attached hydrogens (tertiary/aromatic N) is 3. The topological polar surface area (TPSA) is 115 Å². The zero-order chi connectivity index (χ0) is 20.5. The van der Waals surface area contributed by atoms with Crippen molar-refractivity contribution in [2.45, 2.75) is 32.1 Å². The highest BCUT2D eigenvalue weighted by molar-refractivity contribution is 6.31. The van der Waals surface area contributed by atoms with Gasteiger partial charge < -0.3 is 15.4 Å². The maximum Gasteiger partial charge on any atom is 0.325 e. The van der Waals surface area contributed by atoms with Crippen LogP contribution in [-0.4, -0.2) is 33.5 Å². The minimum atomic E-state index is -1.03. The minimum absolute atomic E-state index is 0.0342. The van der Waals surface area contributed by atoms with Gasteiger partial charge in [-0.15, -0.1) is 0 Å². The molecule has 0 bridgehead atoms. The average molecular weight is 407 g/mol. The van der Waals surface area contributed by atoms with E-state index in [4.69, 9.17) is 27.0 Å². The Bertz CT molecular complexity index is 964. The highest BCUT2D eigenvalue weighted by Gasteiger charge is 2.51. The Morgan fingerprint density at radius 1 is 1.50 bits per heavy atom. The van der Waals surface area contributed by atoms with Crippen LogP contribution in [-0.2, 0) is 10.2 Å². The number of carbonyl (C=O) groups is 1. The van der Waals surface area contributed by atoms with Gasteiger partial charge in [-0.3, -0.25) is 9.79 Å². The number of benzene rings is 1. The van der Waals surface area contributed by atoms with Gasteiger partial charge in [-0.05, 0) is 42.5 Å². The molecule has 1 heterocycles. The van der Waals surface area contributed by atoms with Gasteiger partial charge in [-0.25, -0.2) is 4.39 Å². The lowest BCUT2D eigenvalue weighted by atomic mass is 9.95. The van der Waals surface area contributed by atoms with Crippen LogP contribution in [0.5, 0.6) is 0 Å². The van der Waals surface area contributed by atoms with E-state index in [1.54, 1.807) is 6.07 Å². The van der Waals surface area contributed by atoms with Gasteiger partial charge >= 0.3 is 5.97 Å². The Labute approximate surface area is 166 Å². The maximum atomic E-state index is 13.4. The van der Waals surface area contributed by atoms with E-state index < -0.39 is 17.2 Å². The molecular weight excluding hydrogens is 387 g/mol. The Kier molecular flexibility index (Phi) is 5.51. The quantitative estimate of drug-likeness (QED) is 0.681. The Hall–Kier alpha value is -2.74. The summed E-state index contributed by atoms with van der Waals surface area (Å²) in [7, 11) is 0. The van der Waals surface area contributed by atoms with Gasteiger partial charge in [-0.2, -0.15) is 4.98 Å². The third-order valence-electron chi connectivity index (χ3n) is 4.59. The van der Waals surface area contributed by atoms with Crippen molar-refractivity contribution in [1.82, 2.24) is 10.1 Å². The summed E-state index contributed by atoms with van der Waals surface area (Å²) in [5.41, 5.74) is 7.01. The number of aliphatic imine (C=N–C) groups is 1. The molecule has 0 saturated heterocycles. The number of hydrogen-bond donors (Lipinski definition) is 2. The van der Waals surface area contributed by atoms with Gasteiger partial charge in [-0.1, -0.05) is 36.7 Å². The predicted molar refractivity (Wildman–Crippen MR) is 103 cm³/mol. The van der Waals surface area contributed by atoms with Crippen molar-refractivity contribution >= 4 is 29.0 Å². The Balaban J connectivity index is 1.89. The molecule has 2 aromatic rings. The lowest BCUT2D eigenvalue weighted by Gasteiger charge is -2.12. The number of carboxylic acid groups (broad SMARTS) is 1. The van der Waals surface area contributed by atoms with E-state index in [0.29, 0.717) is 16.6 Å². The minimum Gasteiger partial charge on any atom is -0.480 e. The molecule has 3 rings (SSSR count). The van der Waals surface area contributed by atoms with E-state index in [0.717, 1.165) is 18.4 Å². The van der Waals surface area contributed by atoms with Crippen LogP contribution in [0.4, 0.5) is 4.39 Å². The lowest BCUT2D eigenvalue weighted by Crippen LogP contribution is -2.13. The van der Waals surface area contributed by atoms with Gasteiger partial charge in [0.25, 0.3) is 5.89 Å². The Morgan fingerprint density at radius 2 is 2.21 bits per heavy atom. The van der Waals surface area contributed by atoms with Gasteiger partial charge in [0.15, 0.2) is 5.82 Å². The summed E-state index contributed by atoms with van der Waals surface area (Å²) in [6.45, 7) is 3.40. The van der Waals surface area contributed by atoms with Crippen molar-refractivity contribution in [2.24, 2.45) is 16.6 Å². The summed E-state index contributed by atoms with van der Waals surface area (Å²) in [6, 6.07) is 4.25. The largest absolute Gasteiger partial charge is 0.480 e. The fourth-order valence-electron chi connectivity index (χ4n) is 2.93. The molecule has 0 atom stereocenters. The summed E-state index contributed by atoms with van der Waals surface area (Å²) < 4.78 is 18.7. The fourth-order valence-corrected chi connectivity index (χ4v) is 3.27. The molecule has 148 valence electrons. The molecule has 0 unspecified atom stereocenters. The monoisotopic (exact) mass is 406 g/mol. The molecule has 3 N–H and O–H groups in total. The molecule has 0 amide bonds. The SMILES string of the molecule is CC(C)C(/C=C(\N)c1nc(C2(c3ccc(F)cc3Cl)CC2)no1)=NCC(=O)O. The smallest absolute Gasteiger partial charge is 0.325 e. The van der Waals surface area contributed by atoms with Gasteiger partial charge in [0.2, 0.25) is 0 Å². The van der Waals surface area contributed by atoms with Crippen molar-refractivity contribution in [3.8, 4) is 0 Å². The molecule has 0 aliphatic heterocycles. The molecule has 1 aliphatic carbocycles. The number of aliphatic carboxylic acids is 1. The third kappa shape index (κ3) is 4.06. The van der Waals surface area contributed by atoms with Crippen LogP contribution in [0.15, 0.2) is 33.8 Å². The second-order valence-electron chi connectivity index (χ2n) is 7.02. The first-order valence-electron chi connectivity index (χ1n) is 8.76. The molecule has 1 fully saturated rings. The van der Waals surface area contributed by atoms with E-state index in [-0.39, 0.29) is 24.1 Å². The van der Waals surface area contributed by atoms with E-state index in [1.807, 2.05) is 13.8 Å². The number of allylic oxidation sites excluding steroid dienone is 1. The van der Waals surface area contributed by atoms with Crippen LogP contribution in [0, 0.1) is 11.7 Å². The standard InChI is InChI=1S/C19H20ClFN4O3/c1-10(2)15(23-9-16(26)27)8-14(22)17-24-18(25-28-17)19(5-6-19)12-4-3-11(21)7-13(12)20/h3-4,7-8,10H,5-6,9,22H2,1-2H3,(H,26,27)/b14-8-,23-15?. The van der Waals surface area contributed by atoms with Crippen molar-refractivity contribution in [1.29, 1.82) is 0 Å². The molecule has 7 nitrogen and oxygen atoms in total. The van der Waals surface area contributed by atoms with Crippen LogP contribution in [0.1, 0.15) is 44.0 Å². The van der Waals surface area contributed by atoms with Crippen molar-refractivity contribution in [2.75, 3.05) is 6.54 Å². The number of carboxylic acids is 1. The molecule has 28 heavy (non-hydrogen) atoms. The number of aromatic nitrogens is 2. The molecule has 1 aromatic heterocycles. The van der Waals surface area contributed by atoms with Crippen LogP contribution in [0.3, 0.4) is 0 Å². The predicted octanol–water partition coefficient (Wildman–Crippen LogP) is 3.42. The Morgan fingerprint density at radius 3 is 2.79 bits per heavy atom. The van der Waals surface area contributed by atoms with Crippen LogP contribution < -0.4 is 5.73 Å². The molecule has 1 saturated carbocycles. The first-order valence-corrected chi connectivity index (χ1v) is 9.14. The highest BCUT2D eigenvalue weighted by Crippen LogP contribution is 2.54. The van der Waals surface area contributed by atoms with E-state index in [2.05, 4.69) is 15.1 Å². The molecule has 1 aromatic carbocycles. The van der Waals surface area contributed by atoms with Crippen molar-refractivity contribution in [3.05, 3.63) is 52.4 Å². The summed E-state index contributed by atoms with van der Waals surface area (Å²) >= 11 is 6.21.